The summed E-state index contributed by atoms with van der Waals surface area (Å²) in [4.78, 5) is 7.48. The van der Waals surface area contributed by atoms with Crippen molar-refractivity contribution < 1.29 is 4.43 Å². The Morgan fingerprint density at radius 1 is 0.708 bits per heavy atom. The van der Waals surface area contributed by atoms with E-state index in [9.17, 15) is 0 Å². The van der Waals surface area contributed by atoms with Crippen molar-refractivity contribution in [3.8, 4) is 0 Å². The van der Waals surface area contributed by atoms with Gasteiger partial charge in [0.15, 0.2) is 8.32 Å². The lowest BCUT2D eigenvalue weighted by molar-refractivity contribution is 0.0946. The maximum absolute atomic E-state index is 6.22. The van der Waals surface area contributed by atoms with Crippen LogP contribution in [0.4, 0.5) is 0 Å². The van der Waals surface area contributed by atoms with Gasteiger partial charge in [-0.15, -0.1) is 0 Å². The van der Waals surface area contributed by atoms with E-state index in [0.717, 1.165) is 39.3 Å². The van der Waals surface area contributed by atoms with Crippen molar-refractivity contribution in [1.82, 2.24) is 14.7 Å². The Kier molecular flexibility index (Phi) is 11.7. The molecule has 4 nitrogen and oxygen atoms in total. The molecule has 0 aliphatic rings. The zero-order chi connectivity index (χ0) is 18.8. The highest BCUT2D eigenvalue weighted by atomic mass is 28.4. The first-order valence-corrected chi connectivity index (χ1v) is 12.4. The molecule has 24 heavy (non-hydrogen) atoms. The average molecular weight is 360 g/mol. The van der Waals surface area contributed by atoms with Gasteiger partial charge in [-0.3, -0.25) is 0 Å². The van der Waals surface area contributed by atoms with Crippen molar-refractivity contribution in [2.45, 2.75) is 52.8 Å². The molecule has 0 bridgehead atoms. The van der Waals surface area contributed by atoms with Crippen molar-refractivity contribution in [3.63, 3.8) is 0 Å². The van der Waals surface area contributed by atoms with E-state index in [0.29, 0.717) is 0 Å². The largest absolute Gasteiger partial charge is 0.420 e. The smallest absolute Gasteiger partial charge is 0.192 e. The molecule has 0 aromatic rings. The van der Waals surface area contributed by atoms with Crippen LogP contribution in [0, 0.1) is 5.41 Å². The van der Waals surface area contributed by atoms with E-state index in [2.05, 4.69) is 70.5 Å². The maximum atomic E-state index is 6.22. The molecule has 0 aliphatic carbocycles. The minimum absolute atomic E-state index is 0.272. The Labute approximate surface area is 153 Å². The molecule has 5 heteroatoms. The lowest BCUT2D eigenvalue weighted by atomic mass is 9.88. The highest BCUT2D eigenvalue weighted by Crippen LogP contribution is 2.36. The topological polar surface area (TPSA) is 19.0 Å². The number of hydrogen-bond acceptors (Lipinski definition) is 4. The van der Waals surface area contributed by atoms with Gasteiger partial charge >= 0.3 is 0 Å². The van der Waals surface area contributed by atoms with E-state index in [1.54, 1.807) is 0 Å². The van der Waals surface area contributed by atoms with Gasteiger partial charge in [0.1, 0.15) is 0 Å². The maximum Gasteiger partial charge on any atom is 0.192 e. The Hall–Kier alpha value is 0.0569. The van der Waals surface area contributed by atoms with Gasteiger partial charge in [-0.25, -0.2) is 0 Å². The van der Waals surface area contributed by atoms with Gasteiger partial charge in [-0.2, -0.15) is 0 Å². The Balaban J connectivity index is 5.73. The first-order valence-electron chi connectivity index (χ1n) is 9.86. The first kappa shape index (κ1) is 24.1. The molecule has 0 saturated heterocycles. The van der Waals surface area contributed by atoms with Crippen LogP contribution in [0.15, 0.2) is 0 Å². The van der Waals surface area contributed by atoms with Crippen molar-refractivity contribution in [2.24, 2.45) is 5.41 Å². The summed E-state index contributed by atoms with van der Waals surface area (Å²) in [7, 11) is 7.08. The van der Waals surface area contributed by atoms with E-state index in [1.807, 2.05) is 7.11 Å². The predicted octanol–water partition coefficient (Wildman–Crippen LogP) is 3.46. The fraction of sp³-hybridized carbons (Fsp3) is 1.00. The fourth-order valence-corrected chi connectivity index (χ4v) is 7.34. The Bertz CT molecular complexity index is 284. The van der Waals surface area contributed by atoms with E-state index in [1.165, 1.54) is 18.1 Å². The van der Waals surface area contributed by atoms with Crippen LogP contribution in [0.25, 0.3) is 0 Å². The van der Waals surface area contributed by atoms with Crippen molar-refractivity contribution in [3.05, 3.63) is 0 Å². The molecule has 146 valence electrons. The average Bonchev–Trinajstić information content (AvgIpc) is 2.59. The third-order valence-corrected chi connectivity index (χ3v) is 10.7. The Morgan fingerprint density at radius 3 is 1.25 bits per heavy atom. The van der Waals surface area contributed by atoms with Crippen LogP contribution < -0.4 is 0 Å². The van der Waals surface area contributed by atoms with Gasteiger partial charge in [0.2, 0.25) is 0 Å². The second-order valence-electron chi connectivity index (χ2n) is 7.76. The van der Waals surface area contributed by atoms with Gasteiger partial charge in [0, 0.05) is 32.2 Å². The van der Waals surface area contributed by atoms with Crippen LogP contribution in [0.1, 0.15) is 34.6 Å². The van der Waals surface area contributed by atoms with Crippen LogP contribution in [-0.4, -0.2) is 90.5 Å². The van der Waals surface area contributed by atoms with Gasteiger partial charge < -0.3 is 19.1 Å². The van der Waals surface area contributed by atoms with Crippen molar-refractivity contribution in [2.75, 3.05) is 67.5 Å². The number of nitrogens with zero attached hydrogens (tertiary/aromatic N) is 3. The molecule has 0 spiro atoms. The molecule has 0 saturated carbocycles. The quantitative estimate of drug-likeness (QED) is 0.442. The SMILES string of the molecule is CCN(C)CC(CN(C)CC)(CN(C)CC)C[Si](CC)(CC)OC. The molecule has 0 radical (unpaired) electrons. The Morgan fingerprint density at radius 2 is 1.04 bits per heavy atom. The van der Waals surface area contributed by atoms with Crippen molar-refractivity contribution >= 4 is 8.32 Å². The highest BCUT2D eigenvalue weighted by molar-refractivity contribution is 6.73. The molecular formula is C19H45N3OSi. The zero-order valence-electron chi connectivity index (χ0n) is 18.1. The van der Waals surface area contributed by atoms with Crippen LogP contribution in [0.3, 0.4) is 0 Å². The molecule has 0 fully saturated rings. The van der Waals surface area contributed by atoms with Gasteiger partial charge in [0.25, 0.3) is 0 Å². The summed E-state index contributed by atoms with van der Waals surface area (Å²) in [5.41, 5.74) is 0.272. The van der Waals surface area contributed by atoms with Crippen molar-refractivity contribution in [1.29, 1.82) is 0 Å². The van der Waals surface area contributed by atoms with Gasteiger partial charge in [-0.1, -0.05) is 34.6 Å². The second kappa shape index (κ2) is 11.6. The first-order chi connectivity index (χ1) is 11.3. The van der Waals surface area contributed by atoms with Crippen LogP contribution in [0.2, 0.25) is 18.1 Å². The summed E-state index contributed by atoms with van der Waals surface area (Å²) in [6, 6.07) is 3.68. The predicted molar refractivity (Wildman–Crippen MR) is 110 cm³/mol. The minimum Gasteiger partial charge on any atom is -0.420 e. The van der Waals surface area contributed by atoms with E-state index < -0.39 is 8.32 Å². The molecule has 0 unspecified atom stereocenters. The summed E-state index contributed by atoms with van der Waals surface area (Å²) in [5, 5.41) is 0. The third kappa shape index (κ3) is 7.52. The van der Waals surface area contributed by atoms with Crippen LogP contribution >= 0.6 is 0 Å². The molecule has 0 aromatic carbocycles. The number of rotatable bonds is 14. The summed E-state index contributed by atoms with van der Waals surface area (Å²) in [5.74, 6) is 0. The van der Waals surface area contributed by atoms with Gasteiger partial charge in [-0.05, 0) is 58.9 Å². The normalized spacial score (nSPS) is 13.5. The lowest BCUT2D eigenvalue weighted by Gasteiger charge is -2.46. The summed E-state index contributed by atoms with van der Waals surface area (Å²) in [6.07, 6.45) is 0. The van der Waals surface area contributed by atoms with Crippen LogP contribution in [0.5, 0.6) is 0 Å². The molecule has 0 amide bonds. The molecule has 0 atom stereocenters. The molecule has 0 rings (SSSR count). The molecule has 0 heterocycles. The summed E-state index contributed by atoms with van der Waals surface area (Å²) >= 11 is 0. The van der Waals surface area contributed by atoms with Crippen LogP contribution in [-0.2, 0) is 4.43 Å². The molecule has 0 aromatic heterocycles. The standard InChI is InChI=1S/C19H45N3OSi/c1-10-20(6)15-19(16-21(7)11-2,17-22(8)12-3)18-24(13-4,14-5)23-9/h10-18H2,1-9H3. The van der Waals surface area contributed by atoms with E-state index in [-0.39, 0.29) is 5.41 Å². The molecule has 0 aliphatic heterocycles. The van der Waals surface area contributed by atoms with E-state index >= 15 is 0 Å². The van der Waals surface area contributed by atoms with E-state index in [4.69, 9.17) is 4.43 Å². The number of hydrogen-bond donors (Lipinski definition) is 0. The summed E-state index contributed by atoms with van der Waals surface area (Å²) < 4.78 is 6.22. The summed E-state index contributed by atoms with van der Waals surface area (Å²) in [6.45, 7) is 18.2. The van der Waals surface area contributed by atoms with Gasteiger partial charge in [0.05, 0.1) is 0 Å². The zero-order valence-corrected chi connectivity index (χ0v) is 19.1. The minimum atomic E-state index is -1.67. The fourth-order valence-electron chi connectivity index (χ4n) is 3.92. The lowest BCUT2D eigenvalue weighted by Crippen LogP contribution is -2.54. The molecule has 0 N–H and O–H groups in total. The second-order valence-corrected chi connectivity index (χ2v) is 12.3. The highest BCUT2D eigenvalue weighted by Gasteiger charge is 2.43. The third-order valence-electron chi connectivity index (χ3n) is 5.85. The monoisotopic (exact) mass is 359 g/mol. The molecular weight excluding hydrogens is 314 g/mol.